The minimum absolute atomic E-state index is 0.271. The number of nitrogens with two attached hydrogens (primary N) is 1. The third kappa shape index (κ3) is 2.58. The highest BCUT2D eigenvalue weighted by molar-refractivity contribution is 7.99. The van der Waals surface area contributed by atoms with Crippen molar-refractivity contribution in [2.75, 3.05) is 11.5 Å². The van der Waals surface area contributed by atoms with Gasteiger partial charge in [-0.25, -0.2) is 0 Å². The van der Waals surface area contributed by atoms with Gasteiger partial charge in [0.15, 0.2) is 0 Å². The molecule has 2 atom stereocenters. The molecule has 2 N–H and O–H groups in total. The highest BCUT2D eigenvalue weighted by Crippen LogP contribution is 2.33. The summed E-state index contributed by atoms with van der Waals surface area (Å²) in [6, 6.07) is 4.49. The monoisotopic (exact) mass is 236 g/mol. The minimum Gasteiger partial charge on any atom is -0.326 e. The van der Waals surface area contributed by atoms with Crippen molar-refractivity contribution in [3.05, 3.63) is 29.6 Å². The molecular formula is C13H20N2S. The molecule has 0 aliphatic heterocycles. The second kappa shape index (κ2) is 5.69. The molecule has 2 rings (SSSR count). The second-order valence-electron chi connectivity index (χ2n) is 4.43. The van der Waals surface area contributed by atoms with Crippen LogP contribution in [0.3, 0.4) is 0 Å². The van der Waals surface area contributed by atoms with Gasteiger partial charge in [0.05, 0.1) is 0 Å². The number of thioether (sulfide) groups is 1. The van der Waals surface area contributed by atoms with Crippen molar-refractivity contribution >= 4 is 11.8 Å². The lowest BCUT2D eigenvalue weighted by molar-refractivity contribution is 0.561. The quantitative estimate of drug-likeness (QED) is 0.799. The molecule has 0 spiro atoms. The highest BCUT2D eigenvalue weighted by Gasteiger charge is 2.28. The number of hydrogen-bond acceptors (Lipinski definition) is 3. The molecular weight excluding hydrogens is 216 g/mol. The minimum atomic E-state index is 0.271. The summed E-state index contributed by atoms with van der Waals surface area (Å²) in [5.74, 6) is 2.77. The molecule has 0 aromatic carbocycles. The summed E-state index contributed by atoms with van der Waals surface area (Å²) >= 11 is 1.97. The molecule has 1 aromatic heterocycles. The van der Waals surface area contributed by atoms with E-state index in [2.05, 4.69) is 18.0 Å². The van der Waals surface area contributed by atoms with E-state index in [1.165, 1.54) is 29.9 Å². The molecule has 1 aromatic rings. The molecule has 16 heavy (non-hydrogen) atoms. The van der Waals surface area contributed by atoms with Gasteiger partial charge in [0.25, 0.3) is 0 Å². The van der Waals surface area contributed by atoms with Gasteiger partial charge in [-0.3, -0.25) is 4.98 Å². The number of pyridine rings is 1. The largest absolute Gasteiger partial charge is 0.326 e. The van der Waals surface area contributed by atoms with E-state index in [9.17, 15) is 0 Å². The molecule has 0 radical (unpaired) electrons. The van der Waals surface area contributed by atoms with Crippen molar-refractivity contribution in [1.82, 2.24) is 4.98 Å². The third-order valence-corrected chi connectivity index (χ3v) is 4.50. The van der Waals surface area contributed by atoms with Crippen LogP contribution in [-0.2, 0) is 6.42 Å². The van der Waals surface area contributed by atoms with Crippen LogP contribution in [0.25, 0.3) is 0 Å². The van der Waals surface area contributed by atoms with Crippen LogP contribution in [0, 0.1) is 0 Å². The Labute approximate surface area is 102 Å². The van der Waals surface area contributed by atoms with Crippen molar-refractivity contribution in [2.24, 2.45) is 5.73 Å². The van der Waals surface area contributed by atoms with E-state index < -0.39 is 0 Å². The zero-order valence-electron chi connectivity index (χ0n) is 9.86. The first-order valence-electron chi connectivity index (χ1n) is 6.10. The Balaban J connectivity index is 1.96. The van der Waals surface area contributed by atoms with E-state index in [0.717, 1.165) is 12.2 Å². The maximum absolute atomic E-state index is 6.27. The smallest absolute Gasteiger partial charge is 0.0482 e. The Bertz CT molecular complexity index is 340. The molecule has 88 valence electrons. The molecule has 1 aliphatic rings. The molecule has 2 unspecified atom stereocenters. The zero-order valence-corrected chi connectivity index (χ0v) is 10.7. The van der Waals surface area contributed by atoms with E-state index in [4.69, 9.17) is 5.73 Å². The summed E-state index contributed by atoms with van der Waals surface area (Å²) in [5.41, 5.74) is 8.94. The molecule has 2 nitrogen and oxygen atoms in total. The normalized spacial score (nSPS) is 20.8. The van der Waals surface area contributed by atoms with Crippen molar-refractivity contribution in [3.8, 4) is 0 Å². The molecule has 3 heteroatoms. The number of aromatic nitrogens is 1. The van der Waals surface area contributed by atoms with Gasteiger partial charge >= 0.3 is 0 Å². The standard InChI is InChI=1S/C13H20N2S/c1-2-8-16-9-12(14)11-6-5-10-4-3-7-15-13(10)11/h3-4,7,11-12H,2,5-6,8-9,14H2,1H3. The Morgan fingerprint density at radius 3 is 3.31 bits per heavy atom. The Hall–Kier alpha value is -0.540. The lowest BCUT2D eigenvalue weighted by atomic mass is 9.99. The first-order valence-corrected chi connectivity index (χ1v) is 7.25. The first kappa shape index (κ1) is 11.9. The van der Waals surface area contributed by atoms with Gasteiger partial charge in [-0.1, -0.05) is 13.0 Å². The lowest BCUT2D eigenvalue weighted by Gasteiger charge is -2.18. The molecule has 0 saturated heterocycles. The second-order valence-corrected chi connectivity index (χ2v) is 5.58. The number of hydrogen-bond donors (Lipinski definition) is 1. The van der Waals surface area contributed by atoms with E-state index in [1.54, 1.807) is 0 Å². The number of rotatable bonds is 5. The van der Waals surface area contributed by atoms with Crippen LogP contribution < -0.4 is 5.73 Å². The molecule has 1 aliphatic carbocycles. The van der Waals surface area contributed by atoms with Crippen LogP contribution in [0.2, 0.25) is 0 Å². The highest BCUT2D eigenvalue weighted by atomic mass is 32.2. The van der Waals surface area contributed by atoms with E-state index in [-0.39, 0.29) is 6.04 Å². The summed E-state index contributed by atoms with van der Waals surface area (Å²) in [6.07, 6.45) is 5.46. The summed E-state index contributed by atoms with van der Waals surface area (Å²) in [7, 11) is 0. The van der Waals surface area contributed by atoms with Crippen LogP contribution in [0.15, 0.2) is 18.3 Å². The van der Waals surface area contributed by atoms with E-state index in [0.29, 0.717) is 5.92 Å². The van der Waals surface area contributed by atoms with Crippen molar-refractivity contribution in [3.63, 3.8) is 0 Å². The fourth-order valence-corrected chi connectivity index (χ4v) is 3.30. The van der Waals surface area contributed by atoms with Crippen molar-refractivity contribution in [1.29, 1.82) is 0 Å². The van der Waals surface area contributed by atoms with Crippen LogP contribution >= 0.6 is 11.8 Å². The lowest BCUT2D eigenvalue weighted by Crippen LogP contribution is -2.30. The predicted octanol–water partition coefficient (Wildman–Crippen LogP) is 2.58. The Morgan fingerprint density at radius 1 is 1.62 bits per heavy atom. The van der Waals surface area contributed by atoms with Gasteiger partial charge in [0.1, 0.15) is 0 Å². The summed E-state index contributed by atoms with van der Waals surface area (Å²) < 4.78 is 0. The number of nitrogens with zero attached hydrogens (tertiary/aromatic N) is 1. The van der Waals surface area contributed by atoms with Crippen molar-refractivity contribution in [2.45, 2.75) is 38.1 Å². The average molecular weight is 236 g/mol. The number of fused-ring (bicyclic) bond motifs is 1. The number of aryl methyl sites for hydroxylation is 1. The third-order valence-electron chi connectivity index (χ3n) is 3.18. The van der Waals surface area contributed by atoms with Gasteiger partial charge in [0, 0.05) is 29.6 Å². The summed E-state index contributed by atoms with van der Waals surface area (Å²) in [4.78, 5) is 4.50. The van der Waals surface area contributed by atoms with Gasteiger partial charge < -0.3 is 5.73 Å². The van der Waals surface area contributed by atoms with Crippen LogP contribution in [-0.4, -0.2) is 22.5 Å². The van der Waals surface area contributed by atoms with Crippen molar-refractivity contribution < 1.29 is 0 Å². The Morgan fingerprint density at radius 2 is 2.50 bits per heavy atom. The maximum Gasteiger partial charge on any atom is 0.0482 e. The van der Waals surface area contributed by atoms with E-state index in [1.807, 2.05) is 24.0 Å². The summed E-state index contributed by atoms with van der Waals surface area (Å²) in [5, 5.41) is 0. The predicted molar refractivity (Wildman–Crippen MR) is 70.9 cm³/mol. The molecule has 0 bridgehead atoms. The van der Waals surface area contributed by atoms with E-state index >= 15 is 0 Å². The SMILES string of the molecule is CCCSCC(N)C1CCc2cccnc21. The van der Waals surface area contributed by atoms with Gasteiger partial charge in [-0.05, 0) is 36.6 Å². The maximum atomic E-state index is 6.27. The molecule has 1 heterocycles. The van der Waals surface area contributed by atoms with Crippen LogP contribution in [0.1, 0.15) is 36.9 Å². The topological polar surface area (TPSA) is 38.9 Å². The molecule has 0 fully saturated rings. The van der Waals surface area contributed by atoms with Gasteiger partial charge in [0.2, 0.25) is 0 Å². The van der Waals surface area contributed by atoms with Crippen LogP contribution in [0.5, 0.6) is 0 Å². The van der Waals surface area contributed by atoms with Gasteiger partial charge in [-0.15, -0.1) is 0 Å². The Kier molecular flexibility index (Phi) is 4.24. The molecule has 0 amide bonds. The molecule has 0 saturated carbocycles. The van der Waals surface area contributed by atoms with Crippen LogP contribution in [0.4, 0.5) is 0 Å². The average Bonchev–Trinajstić information content (AvgIpc) is 2.73. The first-order chi connectivity index (χ1) is 7.83. The fourth-order valence-electron chi connectivity index (χ4n) is 2.34. The zero-order chi connectivity index (χ0) is 11.4. The fraction of sp³-hybridized carbons (Fsp3) is 0.615. The van der Waals surface area contributed by atoms with Gasteiger partial charge in [-0.2, -0.15) is 11.8 Å². The summed E-state index contributed by atoms with van der Waals surface area (Å²) in [6.45, 7) is 2.21.